The number of pyridine rings is 1. The third kappa shape index (κ3) is 4.35. The fraction of sp³-hybridized carbons (Fsp3) is 0.500. The number of nitrogens with zero attached hydrogens (tertiary/aromatic N) is 1. The zero-order chi connectivity index (χ0) is 13.5. The molecule has 0 aliphatic heterocycles. The average molecular weight is 261 g/mol. The van der Waals surface area contributed by atoms with Gasteiger partial charge in [0.05, 0.1) is 0 Å². The van der Waals surface area contributed by atoms with Gasteiger partial charge in [-0.1, -0.05) is 12.8 Å². The summed E-state index contributed by atoms with van der Waals surface area (Å²) < 4.78 is 0. The van der Waals surface area contributed by atoms with Gasteiger partial charge in [-0.25, -0.2) is 0 Å². The van der Waals surface area contributed by atoms with Gasteiger partial charge in [0.15, 0.2) is 0 Å². The van der Waals surface area contributed by atoms with E-state index in [0.29, 0.717) is 13.0 Å². The van der Waals surface area contributed by atoms with Crippen molar-refractivity contribution in [1.29, 1.82) is 0 Å². The zero-order valence-electron chi connectivity index (χ0n) is 10.9. The predicted molar refractivity (Wildman–Crippen MR) is 72.5 cm³/mol. The van der Waals surface area contributed by atoms with Gasteiger partial charge in [0.25, 0.3) is 0 Å². The molecular formula is C14H19N3O2. The summed E-state index contributed by atoms with van der Waals surface area (Å²) in [6.45, 7) is 0.395. The van der Waals surface area contributed by atoms with Crippen molar-refractivity contribution in [3.8, 4) is 0 Å². The summed E-state index contributed by atoms with van der Waals surface area (Å²) in [6.07, 6.45) is 7.78. The second-order valence-corrected chi connectivity index (χ2v) is 4.81. The topological polar surface area (TPSA) is 71.1 Å². The minimum atomic E-state index is -0.0991. The normalized spacial score (nSPS) is 15.2. The summed E-state index contributed by atoms with van der Waals surface area (Å²) in [7, 11) is 0. The number of hydrogen-bond acceptors (Lipinski definition) is 3. The molecule has 2 N–H and O–H groups in total. The van der Waals surface area contributed by atoms with Gasteiger partial charge in [0.2, 0.25) is 11.8 Å². The standard InChI is InChI=1S/C14H19N3O2/c18-13(17-12-5-8-15-9-6-12)7-10-16-14(19)11-3-1-2-4-11/h5-6,8-9,11H,1-4,7,10H2,(H,16,19)(H,15,17,18). The number of hydrogen-bond donors (Lipinski definition) is 2. The van der Waals surface area contributed by atoms with Gasteiger partial charge >= 0.3 is 0 Å². The molecule has 2 rings (SSSR count). The monoisotopic (exact) mass is 261 g/mol. The molecule has 0 aromatic carbocycles. The van der Waals surface area contributed by atoms with Crippen LogP contribution in [0.15, 0.2) is 24.5 Å². The summed E-state index contributed by atoms with van der Waals surface area (Å²) in [5.74, 6) is 0.149. The Labute approximate surface area is 112 Å². The van der Waals surface area contributed by atoms with Crippen LogP contribution in [0.25, 0.3) is 0 Å². The Morgan fingerprint density at radius 1 is 1.21 bits per heavy atom. The van der Waals surface area contributed by atoms with Crippen LogP contribution >= 0.6 is 0 Å². The Morgan fingerprint density at radius 2 is 1.89 bits per heavy atom. The fourth-order valence-electron chi connectivity index (χ4n) is 2.29. The predicted octanol–water partition coefficient (Wildman–Crippen LogP) is 1.72. The number of carbonyl (C=O) groups is 2. The zero-order valence-corrected chi connectivity index (χ0v) is 10.9. The molecular weight excluding hydrogens is 242 g/mol. The van der Waals surface area contributed by atoms with Crippen molar-refractivity contribution in [2.75, 3.05) is 11.9 Å². The molecule has 1 heterocycles. The lowest BCUT2D eigenvalue weighted by Gasteiger charge is -2.10. The molecule has 102 valence electrons. The van der Waals surface area contributed by atoms with E-state index in [4.69, 9.17) is 0 Å². The van der Waals surface area contributed by atoms with E-state index < -0.39 is 0 Å². The lowest BCUT2D eigenvalue weighted by atomic mass is 10.1. The molecule has 5 heteroatoms. The Kier molecular flexibility index (Phi) is 4.89. The summed E-state index contributed by atoms with van der Waals surface area (Å²) in [4.78, 5) is 27.2. The lowest BCUT2D eigenvalue weighted by molar-refractivity contribution is -0.124. The van der Waals surface area contributed by atoms with Crippen molar-refractivity contribution in [3.05, 3.63) is 24.5 Å². The summed E-state index contributed by atoms with van der Waals surface area (Å²) in [6, 6.07) is 3.46. The molecule has 1 aliphatic carbocycles. The molecule has 1 aromatic rings. The van der Waals surface area contributed by atoms with Gasteiger partial charge in [-0.05, 0) is 25.0 Å². The second kappa shape index (κ2) is 6.87. The fourth-order valence-corrected chi connectivity index (χ4v) is 2.29. The minimum absolute atomic E-state index is 0.0919. The van der Waals surface area contributed by atoms with Crippen LogP contribution in [0.3, 0.4) is 0 Å². The van der Waals surface area contributed by atoms with Crippen LogP contribution in [0.5, 0.6) is 0 Å². The molecule has 0 unspecified atom stereocenters. The van der Waals surface area contributed by atoms with E-state index in [9.17, 15) is 9.59 Å². The van der Waals surface area contributed by atoms with Crippen LogP contribution < -0.4 is 10.6 Å². The van der Waals surface area contributed by atoms with E-state index in [1.807, 2.05) is 0 Å². The number of amides is 2. The van der Waals surface area contributed by atoms with Gasteiger partial charge in [-0.15, -0.1) is 0 Å². The first kappa shape index (κ1) is 13.5. The summed E-state index contributed by atoms with van der Waals surface area (Å²) >= 11 is 0. The number of nitrogens with one attached hydrogen (secondary N) is 2. The van der Waals surface area contributed by atoms with E-state index in [-0.39, 0.29) is 17.7 Å². The Hall–Kier alpha value is -1.91. The SMILES string of the molecule is O=C(CCNC(=O)C1CCCC1)Nc1ccncc1. The molecule has 0 radical (unpaired) electrons. The molecule has 1 saturated carbocycles. The molecule has 0 bridgehead atoms. The smallest absolute Gasteiger partial charge is 0.226 e. The van der Waals surface area contributed by atoms with E-state index >= 15 is 0 Å². The molecule has 5 nitrogen and oxygen atoms in total. The first-order valence-corrected chi connectivity index (χ1v) is 6.73. The molecule has 1 aromatic heterocycles. The Bertz CT molecular complexity index is 428. The van der Waals surface area contributed by atoms with Crippen LogP contribution in [0.4, 0.5) is 5.69 Å². The maximum absolute atomic E-state index is 11.7. The highest BCUT2D eigenvalue weighted by Crippen LogP contribution is 2.24. The average Bonchev–Trinajstić information content (AvgIpc) is 2.93. The van der Waals surface area contributed by atoms with E-state index in [1.54, 1.807) is 24.5 Å². The number of rotatable bonds is 5. The number of aromatic nitrogens is 1. The van der Waals surface area contributed by atoms with Crippen LogP contribution in [0.2, 0.25) is 0 Å². The third-order valence-corrected chi connectivity index (χ3v) is 3.34. The van der Waals surface area contributed by atoms with Crippen molar-refractivity contribution in [2.45, 2.75) is 32.1 Å². The number of anilines is 1. The highest BCUT2D eigenvalue weighted by atomic mass is 16.2. The molecule has 2 amide bonds. The summed E-state index contributed by atoms with van der Waals surface area (Å²) in [5.41, 5.74) is 0.724. The van der Waals surface area contributed by atoms with Gasteiger partial charge in [-0.2, -0.15) is 0 Å². The van der Waals surface area contributed by atoms with Crippen molar-refractivity contribution in [2.24, 2.45) is 5.92 Å². The number of carbonyl (C=O) groups excluding carboxylic acids is 2. The maximum atomic E-state index is 11.7. The molecule has 19 heavy (non-hydrogen) atoms. The maximum Gasteiger partial charge on any atom is 0.226 e. The van der Waals surface area contributed by atoms with E-state index in [1.165, 1.54) is 0 Å². The van der Waals surface area contributed by atoms with Crippen LogP contribution in [-0.2, 0) is 9.59 Å². The van der Waals surface area contributed by atoms with Crippen LogP contribution in [0, 0.1) is 5.92 Å². The van der Waals surface area contributed by atoms with Gasteiger partial charge < -0.3 is 10.6 Å². The minimum Gasteiger partial charge on any atom is -0.355 e. The van der Waals surface area contributed by atoms with Crippen molar-refractivity contribution in [1.82, 2.24) is 10.3 Å². The van der Waals surface area contributed by atoms with Crippen LogP contribution in [-0.4, -0.2) is 23.3 Å². The highest BCUT2D eigenvalue weighted by molar-refractivity contribution is 5.91. The van der Waals surface area contributed by atoms with Crippen molar-refractivity contribution < 1.29 is 9.59 Å². The van der Waals surface area contributed by atoms with Gasteiger partial charge in [-0.3, -0.25) is 14.6 Å². The van der Waals surface area contributed by atoms with Gasteiger partial charge in [0, 0.05) is 37.0 Å². The largest absolute Gasteiger partial charge is 0.355 e. The van der Waals surface area contributed by atoms with E-state index in [0.717, 1.165) is 31.4 Å². The quantitative estimate of drug-likeness (QED) is 0.847. The molecule has 1 fully saturated rings. The van der Waals surface area contributed by atoms with Crippen molar-refractivity contribution in [3.63, 3.8) is 0 Å². The molecule has 1 aliphatic rings. The Morgan fingerprint density at radius 3 is 2.58 bits per heavy atom. The molecule has 0 spiro atoms. The lowest BCUT2D eigenvalue weighted by Crippen LogP contribution is -2.32. The highest BCUT2D eigenvalue weighted by Gasteiger charge is 2.22. The molecule has 0 saturated heterocycles. The van der Waals surface area contributed by atoms with Gasteiger partial charge in [0.1, 0.15) is 0 Å². The van der Waals surface area contributed by atoms with Crippen molar-refractivity contribution >= 4 is 17.5 Å². The second-order valence-electron chi connectivity index (χ2n) is 4.81. The first-order valence-electron chi connectivity index (χ1n) is 6.73. The molecule has 0 atom stereocenters. The van der Waals surface area contributed by atoms with E-state index in [2.05, 4.69) is 15.6 Å². The first-order chi connectivity index (χ1) is 9.25. The summed E-state index contributed by atoms with van der Waals surface area (Å²) in [5, 5.41) is 5.58. The van der Waals surface area contributed by atoms with Crippen LogP contribution in [0.1, 0.15) is 32.1 Å². The third-order valence-electron chi connectivity index (χ3n) is 3.34. The Balaban J connectivity index is 1.65.